The Morgan fingerprint density at radius 1 is 1.50 bits per heavy atom. The van der Waals surface area contributed by atoms with Crippen molar-refractivity contribution in [2.24, 2.45) is 0 Å². The van der Waals surface area contributed by atoms with Crippen molar-refractivity contribution in [1.29, 1.82) is 0 Å². The number of hydrogen-bond acceptors (Lipinski definition) is 1. The van der Waals surface area contributed by atoms with E-state index < -0.39 is 0 Å². The summed E-state index contributed by atoms with van der Waals surface area (Å²) in [7, 11) is 0. The Morgan fingerprint density at radius 2 is 2.42 bits per heavy atom. The molecule has 1 aromatic carbocycles. The average molecular weight is 157 g/mol. The largest absolute Gasteiger partial charge is 0.345 e. The van der Waals surface area contributed by atoms with Gasteiger partial charge in [0.15, 0.2) is 0 Å². The molecule has 0 bridgehead atoms. The lowest BCUT2D eigenvalue weighted by Gasteiger charge is -1.96. The Bertz CT molecular complexity index is 363. The van der Waals surface area contributed by atoms with Gasteiger partial charge in [-0.05, 0) is 24.6 Å². The third kappa shape index (κ3) is 1.23. The molecule has 2 aromatic rings. The Labute approximate surface area is 71.3 Å². The molecule has 2 rings (SSSR count). The molecule has 0 saturated carbocycles. The molecule has 12 heavy (non-hydrogen) atoms. The molecule has 1 radical (unpaired) electrons. The van der Waals surface area contributed by atoms with Crippen molar-refractivity contribution in [1.82, 2.24) is 9.97 Å². The SMILES string of the molecule is Cc1[c]ccc(-c2ncc[nH]2)c1. The first-order chi connectivity index (χ1) is 5.86. The fraction of sp³-hybridized carbons (Fsp3) is 0.100. The van der Waals surface area contributed by atoms with Gasteiger partial charge in [-0.1, -0.05) is 12.1 Å². The number of imidazole rings is 1. The predicted octanol–water partition coefficient (Wildman–Crippen LogP) is 2.19. The molecule has 0 saturated heterocycles. The first-order valence-corrected chi connectivity index (χ1v) is 3.84. The highest BCUT2D eigenvalue weighted by atomic mass is 14.9. The van der Waals surface area contributed by atoms with E-state index >= 15 is 0 Å². The van der Waals surface area contributed by atoms with Crippen molar-refractivity contribution in [3.05, 3.63) is 42.2 Å². The molecular formula is C10H9N2. The number of H-pyrrole nitrogens is 1. The molecule has 0 spiro atoms. The summed E-state index contributed by atoms with van der Waals surface area (Å²) in [6.07, 6.45) is 3.57. The van der Waals surface area contributed by atoms with Crippen LogP contribution in [-0.2, 0) is 0 Å². The summed E-state index contributed by atoms with van der Waals surface area (Å²) in [5, 5.41) is 0. The summed E-state index contributed by atoms with van der Waals surface area (Å²) < 4.78 is 0. The Balaban J connectivity index is 2.48. The summed E-state index contributed by atoms with van der Waals surface area (Å²) >= 11 is 0. The van der Waals surface area contributed by atoms with Crippen LogP contribution in [0.4, 0.5) is 0 Å². The topological polar surface area (TPSA) is 28.7 Å². The van der Waals surface area contributed by atoms with Gasteiger partial charge < -0.3 is 4.98 Å². The maximum absolute atomic E-state index is 4.16. The predicted molar refractivity (Wildman–Crippen MR) is 47.6 cm³/mol. The molecule has 0 aliphatic heterocycles. The second-order valence-electron chi connectivity index (χ2n) is 2.70. The molecule has 0 fully saturated rings. The molecule has 1 N–H and O–H groups in total. The second kappa shape index (κ2) is 2.81. The van der Waals surface area contributed by atoms with Crippen LogP contribution in [0.2, 0.25) is 0 Å². The highest BCUT2D eigenvalue weighted by Crippen LogP contribution is 2.14. The molecule has 1 heterocycles. The van der Waals surface area contributed by atoms with Crippen LogP contribution < -0.4 is 0 Å². The van der Waals surface area contributed by atoms with Crippen molar-refractivity contribution in [3.8, 4) is 11.4 Å². The zero-order chi connectivity index (χ0) is 8.39. The third-order valence-electron chi connectivity index (χ3n) is 1.72. The lowest BCUT2D eigenvalue weighted by Crippen LogP contribution is -1.80. The Morgan fingerprint density at radius 3 is 3.08 bits per heavy atom. The zero-order valence-electron chi connectivity index (χ0n) is 6.83. The third-order valence-corrected chi connectivity index (χ3v) is 1.72. The molecule has 0 aliphatic carbocycles. The summed E-state index contributed by atoms with van der Waals surface area (Å²) in [5.41, 5.74) is 2.24. The number of benzene rings is 1. The van der Waals surface area contributed by atoms with Crippen molar-refractivity contribution >= 4 is 0 Å². The first-order valence-electron chi connectivity index (χ1n) is 3.84. The van der Waals surface area contributed by atoms with Crippen LogP contribution in [-0.4, -0.2) is 9.97 Å². The molecule has 0 aliphatic rings. The van der Waals surface area contributed by atoms with Gasteiger partial charge in [-0.15, -0.1) is 0 Å². The molecule has 0 unspecified atom stereocenters. The van der Waals surface area contributed by atoms with Crippen LogP contribution in [0.25, 0.3) is 11.4 Å². The first kappa shape index (κ1) is 7.10. The number of aromatic nitrogens is 2. The number of hydrogen-bond donors (Lipinski definition) is 1. The molecule has 1 aromatic heterocycles. The highest BCUT2D eigenvalue weighted by molar-refractivity contribution is 5.55. The van der Waals surface area contributed by atoms with Gasteiger partial charge in [-0.25, -0.2) is 4.98 Å². The molecular weight excluding hydrogens is 148 g/mol. The fourth-order valence-electron chi connectivity index (χ4n) is 1.16. The van der Waals surface area contributed by atoms with Gasteiger partial charge in [0.25, 0.3) is 0 Å². The Kier molecular flexibility index (Phi) is 1.67. The summed E-state index contributed by atoms with van der Waals surface area (Å²) in [6.45, 7) is 2.02. The average Bonchev–Trinajstić information content (AvgIpc) is 2.56. The summed E-state index contributed by atoms with van der Waals surface area (Å²) in [5.74, 6) is 0.909. The maximum atomic E-state index is 4.16. The van der Waals surface area contributed by atoms with E-state index in [9.17, 15) is 0 Å². The van der Waals surface area contributed by atoms with E-state index in [4.69, 9.17) is 0 Å². The number of aryl methyl sites for hydroxylation is 1. The van der Waals surface area contributed by atoms with Gasteiger partial charge in [0.2, 0.25) is 0 Å². The van der Waals surface area contributed by atoms with E-state index in [-0.39, 0.29) is 0 Å². The number of nitrogens with one attached hydrogen (secondary N) is 1. The minimum Gasteiger partial charge on any atom is -0.345 e. The standard InChI is InChI=1S/C10H9N2/c1-8-3-2-4-9(7-8)10-11-5-6-12-10/h2,4-7H,1H3,(H,11,12). The molecule has 0 amide bonds. The van der Waals surface area contributed by atoms with E-state index in [1.54, 1.807) is 6.20 Å². The van der Waals surface area contributed by atoms with Crippen LogP contribution in [0.1, 0.15) is 5.56 Å². The molecule has 0 atom stereocenters. The number of rotatable bonds is 1. The van der Waals surface area contributed by atoms with E-state index in [1.807, 2.05) is 25.3 Å². The van der Waals surface area contributed by atoms with Crippen LogP contribution in [0.15, 0.2) is 30.6 Å². The van der Waals surface area contributed by atoms with Gasteiger partial charge in [0, 0.05) is 18.0 Å². The lowest BCUT2D eigenvalue weighted by atomic mass is 10.1. The zero-order valence-corrected chi connectivity index (χ0v) is 6.83. The summed E-state index contributed by atoms with van der Waals surface area (Å²) in [4.78, 5) is 7.21. The highest BCUT2D eigenvalue weighted by Gasteiger charge is 1.97. The molecule has 59 valence electrons. The van der Waals surface area contributed by atoms with Crippen LogP contribution in [0, 0.1) is 13.0 Å². The molecule has 2 nitrogen and oxygen atoms in total. The normalized spacial score (nSPS) is 10.1. The van der Waals surface area contributed by atoms with Gasteiger partial charge in [0.05, 0.1) is 0 Å². The van der Waals surface area contributed by atoms with Gasteiger partial charge >= 0.3 is 0 Å². The van der Waals surface area contributed by atoms with Gasteiger partial charge in [-0.3, -0.25) is 0 Å². The van der Waals surface area contributed by atoms with Crippen LogP contribution in [0.5, 0.6) is 0 Å². The smallest absolute Gasteiger partial charge is 0.137 e. The minimum atomic E-state index is 0.909. The van der Waals surface area contributed by atoms with Crippen molar-refractivity contribution in [3.63, 3.8) is 0 Å². The second-order valence-corrected chi connectivity index (χ2v) is 2.70. The monoisotopic (exact) mass is 157 g/mol. The van der Waals surface area contributed by atoms with Crippen molar-refractivity contribution in [2.45, 2.75) is 6.92 Å². The van der Waals surface area contributed by atoms with Gasteiger partial charge in [0.1, 0.15) is 5.82 Å². The fourth-order valence-corrected chi connectivity index (χ4v) is 1.16. The van der Waals surface area contributed by atoms with Crippen LogP contribution in [0.3, 0.4) is 0 Å². The Hall–Kier alpha value is -1.57. The van der Waals surface area contributed by atoms with E-state index in [0.29, 0.717) is 0 Å². The minimum absolute atomic E-state index is 0.909. The quantitative estimate of drug-likeness (QED) is 0.675. The summed E-state index contributed by atoms with van der Waals surface area (Å²) in [6, 6.07) is 9.05. The maximum Gasteiger partial charge on any atom is 0.137 e. The van der Waals surface area contributed by atoms with Gasteiger partial charge in [-0.2, -0.15) is 0 Å². The van der Waals surface area contributed by atoms with Crippen LogP contribution >= 0.6 is 0 Å². The lowest BCUT2D eigenvalue weighted by molar-refractivity contribution is 1.30. The van der Waals surface area contributed by atoms with E-state index in [1.165, 1.54) is 0 Å². The number of nitrogens with zero attached hydrogens (tertiary/aromatic N) is 1. The van der Waals surface area contributed by atoms with E-state index in [2.05, 4.69) is 22.1 Å². The molecule has 2 heteroatoms. The van der Waals surface area contributed by atoms with Crippen molar-refractivity contribution < 1.29 is 0 Å². The van der Waals surface area contributed by atoms with Crippen molar-refractivity contribution in [2.75, 3.05) is 0 Å². The van der Waals surface area contributed by atoms with E-state index in [0.717, 1.165) is 17.0 Å². The number of aromatic amines is 1.